The molecule has 0 aromatic carbocycles. The van der Waals surface area contributed by atoms with Crippen LogP contribution in [0.5, 0.6) is 0 Å². The second kappa shape index (κ2) is 4.84. The molecule has 3 fully saturated rings. The van der Waals surface area contributed by atoms with Crippen LogP contribution in [0.3, 0.4) is 0 Å². The molecule has 0 spiro atoms. The molecule has 0 radical (unpaired) electrons. The van der Waals surface area contributed by atoms with Crippen molar-refractivity contribution >= 4 is 11.8 Å². The maximum Gasteiger partial charge on any atom is 0.0707 e. The number of hydrogen-bond acceptors (Lipinski definition) is 4. The summed E-state index contributed by atoms with van der Waals surface area (Å²) in [5, 5.41) is 0. The van der Waals surface area contributed by atoms with E-state index >= 15 is 0 Å². The first kappa shape index (κ1) is 11.3. The normalized spacial score (nSPS) is 41.4. The molecule has 3 aliphatic heterocycles. The zero-order valence-electron chi connectivity index (χ0n) is 9.81. The van der Waals surface area contributed by atoms with Crippen molar-refractivity contribution in [1.82, 2.24) is 4.90 Å². The number of likely N-dealkylation sites (tertiary alicyclic amines) is 1. The third kappa shape index (κ3) is 2.13. The molecule has 2 bridgehead atoms. The van der Waals surface area contributed by atoms with E-state index in [9.17, 15) is 0 Å². The highest BCUT2D eigenvalue weighted by atomic mass is 32.2. The van der Waals surface area contributed by atoms with Crippen molar-refractivity contribution in [2.75, 3.05) is 31.1 Å². The van der Waals surface area contributed by atoms with Gasteiger partial charge < -0.3 is 10.5 Å². The summed E-state index contributed by atoms with van der Waals surface area (Å²) in [5.74, 6) is 3.47. The van der Waals surface area contributed by atoms with Gasteiger partial charge in [-0.05, 0) is 36.7 Å². The molecule has 0 aliphatic carbocycles. The van der Waals surface area contributed by atoms with E-state index in [1.165, 1.54) is 30.8 Å². The summed E-state index contributed by atoms with van der Waals surface area (Å²) in [6.45, 7) is 3.07. The number of nitrogens with zero attached hydrogens (tertiary/aromatic N) is 1. The minimum absolute atomic E-state index is 0.502. The molecule has 4 atom stereocenters. The Morgan fingerprint density at radius 1 is 1.25 bits per heavy atom. The van der Waals surface area contributed by atoms with Crippen LogP contribution in [0.25, 0.3) is 0 Å². The number of morpholine rings is 1. The Bertz CT molecular complexity index is 233. The highest BCUT2D eigenvalue weighted by Gasteiger charge is 2.38. The third-order valence-corrected chi connectivity index (χ3v) is 5.48. The molecule has 4 unspecified atom stereocenters. The van der Waals surface area contributed by atoms with Gasteiger partial charge in [-0.3, -0.25) is 4.90 Å². The third-order valence-electron chi connectivity index (χ3n) is 4.29. The maximum absolute atomic E-state index is 6.00. The first-order chi connectivity index (χ1) is 7.86. The molecule has 16 heavy (non-hydrogen) atoms. The van der Waals surface area contributed by atoms with Gasteiger partial charge in [0.05, 0.1) is 12.2 Å². The van der Waals surface area contributed by atoms with Gasteiger partial charge in [-0.2, -0.15) is 11.8 Å². The van der Waals surface area contributed by atoms with Crippen LogP contribution in [0, 0.1) is 5.92 Å². The molecule has 3 heterocycles. The van der Waals surface area contributed by atoms with Crippen LogP contribution < -0.4 is 5.73 Å². The summed E-state index contributed by atoms with van der Waals surface area (Å²) in [4.78, 5) is 2.63. The summed E-state index contributed by atoms with van der Waals surface area (Å²) in [6.07, 6.45) is 4.89. The summed E-state index contributed by atoms with van der Waals surface area (Å²) in [7, 11) is 0. The van der Waals surface area contributed by atoms with Crippen LogP contribution >= 0.6 is 11.8 Å². The Hall–Kier alpha value is 0.230. The van der Waals surface area contributed by atoms with E-state index in [-0.39, 0.29) is 0 Å². The molecule has 0 aromatic heterocycles. The fourth-order valence-corrected chi connectivity index (χ4v) is 4.74. The predicted octanol–water partition coefficient (Wildman–Crippen LogP) is 0.930. The van der Waals surface area contributed by atoms with Crippen molar-refractivity contribution in [2.45, 2.75) is 37.5 Å². The van der Waals surface area contributed by atoms with Crippen LogP contribution in [0.2, 0.25) is 0 Å². The van der Waals surface area contributed by atoms with Crippen LogP contribution in [0.4, 0.5) is 0 Å². The second-order valence-electron chi connectivity index (χ2n) is 5.34. The van der Waals surface area contributed by atoms with E-state index in [2.05, 4.69) is 16.7 Å². The van der Waals surface area contributed by atoms with Crippen LogP contribution in [-0.4, -0.2) is 54.3 Å². The number of fused-ring (bicyclic) bond motifs is 2. The average molecular weight is 242 g/mol. The SMILES string of the molecule is NCC(C1CCSC1)N1CC2CCC(C1)O2. The number of hydrogen-bond donors (Lipinski definition) is 1. The molecular weight excluding hydrogens is 220 g/mol. The van der Waals surface area contributed by atoms with Gasteiger partial charge in [-0.15, -0.1) is 0 Å². The van der Waals surface area contributed by atoms with E-state index in [1.54, 1.807) is 0 Å². The van der Waals surface area contributed by atoms with Crippen molar-refractivity contribution in [3.8, 4) is 0 Å². The molecular formula is C12H22N2OS. The van der Waals surface area contributed by atoms with Crippen LogP contribution in [0.15, 0.2) is 0 Å². The quantitative estimate of drug-likeness (QED) is 0.799. The Labute approximate surface area is 102 Å². The molecule has 2 N–H and O–H groups in total. The summed E-state index contributed by atoms with van der Waals surface area (Å²) < 4.78 is 5.90. The van der Waals surface area contributed by atoms with E-state index in [0.29, 0.717) is 18.2 Å². The lowest BCUT2D eigenvalue weighted by molar-refractivity contribution is -0.0580. The van der Waals surface area contributed by atoms with Gasteiger partial charge in [0, 0.05) is 25.7 Å². The molecule has 0 aromatic rings. The second-order valence-corrected chi connectivity index (χ2v) is 6.49. The Kier molecular flexibility index (Phi) is 3.43. The molecule has 3 aliphatic rings. The van der Waals surface area contributed by atoms with Crippen molar-refractivity contribution in [3.05, 3.63) is 0 Å². The lowest BCUT2D eigenvalue weighted by Gasteiger charge is -2.40. The smallest absolute Gasteiger partial charge is 0.0707 e. The standard InChI is InChI=1S/C12H22N2OS/c13-5-12(9-3-4-16-8-9)14-6-10-1-2-11(7-14)15-10/h9-12H,1-8,13H2. The summed E-state index contributed by atoms with van der Waals surface area (Å²) in [6, 6.07) is 0.613. The van der Waals surface area contributed by atoms with Crippen molar-refractivity contribution < 1.29 is 4.74 Å². The fraction of sp³-hybridized carbons (Fsp3) is 1.00. The molecule has 3 nitrogen and oxygen atoms in total. The molecule has 4 heteroatoms. The minimum Gasteiger partial charge on any atom is -0.372 e. The van der Waals surface area contributed by atoms with Gasteiger partial charge in [0.15, 0.2) is 0 Å². The van der Waals surface area contributed by atoms with Gasteiger partial charge in [-0.1, -0.05) is 0 Å². The van der Waals surface area contributed by atoms with Crippen LogP contribution in [-0.2, 0) is 4.74 Å². The topological polar surface area (TPSA) is 38.5 Å². The van der Waals surface area contributed by atoms with E-state index in [1.807, 2.05) is 0 Å². The van der Waals surface area contributed by atoms with Gasteiger partial charge in [0.1, 0.15) is 0 Å². The predicted molar refractivity (Wildman–Crippen MR) is 67.7 cm³/mol. The monoisotopic (exact) mass is 242 g/mol. The van der Waals surface area contributed by atoms with Crippen molar-refractivity contribution in [2.24, 2.45) is 11.7 Å². The Morgan fingerprint density at radius 3 is 2.56 bits per heavy atom. The van der Waals surface area contributed by atoms with Gasteiger partial charge in [0.2, 0.25) is 0 Å². The number of thioether (sulfide) groups is 1. The lowest BCUT2D eigenvalue weighted by atomic mass is 9.97. The minimum atomic E-state index is 0.502. The van der Waals surface area contributed by atoms with Crippen molar-refractivity contribution in [3.63, 3.8) is 0 Å². The number of ether oxygens (including phenoxy) is 1. The molecule has 92 valence electrons. The van der Waals surface area contributed by atoms with Gasteiger partial charge >= 0.3 is 0 Å². The lowest BCUT2D eigenvalue weighted by Crippen LogP contribution is -2.53. The van der Waals surface area contributed by atoms with Crippen molar-refractivity contribution in [1.29, 1.82) is 0 Å². The summed E-state index contributed by atoms with van der Waals surface area (Å²) >= 11 is 2.09. The van der Waals surface area contributed by atoms with Crippen LogP contribution in [0.1, 0.15) is 19.3 Å². The zero-order valence-corrected chi connectivity index (χ0v) is 10.6. The van der Waals surface area contributed by atoms with E-state index in [0.717, 1.165) is 25.6 Å². The molecule has 3 rings (SSSR count). The number of rotatable bonds is 3. The highest BCUT2D eigenvalue weighted by Crippen LogP contribution is 2.33. The highest BCUT2D eigenvalue weighted by molar-refractivity contribution is 7.99. The number of nitrogens with two attached hydrogens (primary N) is 1. The summed E-state index contributed by atoms with van der Waals surface area (Å²) in [5.41, 5.74) is 6.00. The maximum atomic E-state index is 6.00. The average Bonchev–Trinajstić information content (AvgIpc) is 2.90. The first-order valence-corrected chi connectivity index (χ1v) is 7.69. The molecule has 0 saturated carbocycles. The molecule has 0 amide bonds. The fourth-order valence-electron chi connectivity index (χ4n) is 3.41. The molecule has 3 saturated heterocycles. The Balaban J connectivity index is 1.65. The van der Waals surface area contributed by atoms with Gasteiger partial charge in [0.25, 0.3) is 0 Å². The zero-order chi connectivity index (χ0) is 11.0. The Morgan fingerprint density at radius 2 is 2.00 bits per heavy atom. The largest absolute Gasteiger partial charge is 0.372 e. The van der Waals surface area contributed by atoms with E-state index in [4.69, 9.17) is 10.5 Å². The van der Waals surface area contributed by atoms with E-state index < -0.39 is 0 Å². The first-order valence-electron chi connectivity index (χ1n) is 6.54. The van der Waals surface area contributed by atoms with Gasteiger partial charge in [-0.25, -0.2) is 0 Å².